The number of fused-ring (bicyclic) bond motifs is 1. The first-order chi connectivity index (χ1) is 15.2. The number of benzene rings is 1. The minimum absolute atomic E-state index is 0.225. The Bertz CT molecular complexity index is 1080. The Labute approximate surface area is 190 Å². The summed E-state index contributed by atoms with van der Waals surface area (Å²) in [7, 11) is 1.68. The number of thiazole rings is 2. The topological polar surface area (TPSA) is 50.6 Å². The Hall–Kier alpha value is -2.00. The first-order valence-electron chi connectivity index (χ1n) is 10.9. The SMILES string of the molecule is COc1ccc(-c2nc(CN3CCN(Cn4c5c(sc4=O)CCCC5)CC3)cs2)cc1. The lowest BCUT2D eigenvalue weighted by Gasteiger charge is -2.34. The lowest BCUT2D eigenvalue weighted by molar-refractivity contribution is 0.101. The van der Waals surface area contributed by atoms with Crippen LogP contribution < -0.4 is 9.61 Å². The first kappa shape index (κ1) is 20.9. The van der Waals surface area contributed by atoms with Crippen LogP contribution in [0.3, 0.4) is 0 Å². The highest BCUT2D eigenvalue weighted by Crippen LogP contribution is 2.27. The smallest absolute Gasteiger partial charge is 0.308 e. The Morgan fingerprint density at radius 1 is 1.03 bits per heavy atom. The molecule has 0 amide bonds. The van der Waals surface area contributed by atoms with Gasteiger partial charge in [0.15, 0.2) is 0 Å². The fraction of sp³-hybridized carbons (Fsp3) is 0.478. The molecule has 0 N–H and O–H groups in total. The molecule has 1 aromatic carbocycles. The molecular formula is C23H28N4O2S2. The van der Waals surface area contributed by atoms with Gasteiger partial charge in [0.25, 0.3) is 0 Å². The van der Waals surface area contributed by atoms with Gasteiger partial charge in [-0.1, -0.05) is 11.3 Å². The molecule has 1 saturated heterocycles. The maximum Gasteiger partial charge on any atom is 0.308 e. The summed E-state index contributed by atoms with van der Waals surface area (Å²) in [6.07, 6.45) is 4.59. The van der Waals surface area contributed by atoms with Crippen molar-refractivity contribution < 1.29 is 4.74 Å². The van der Waals surface area contributed by atoms with Crippen LogP contribution >= 0.6 is 22.7 Å². The zero-order valence-electron chi connectivity index (χ0n) is 17.9. The largest absolute Gasteiger partial charge is 0.497 e. The van der Waals surface area contributed by atoms with Gasteiger partial charge in [0, 0.05) is 54.2 Å². The van der Waals surface area contributed by atoms with Crippen molar-refractivity contribution in [3.8, 4) is 16.3 Å². The molecule has 8 heteroatoms. The van der Waals surface area contributed by atoms with E-state index in [2.05, 4.69) is 27.3 Å². The highest BCUT2D eigenvalue weighted by Gasteiger charge is 2.22. The minimum Gasteiger partial charge on any atom is -0.497 e. The molecule has 0 atom stereocenters. The van der Waals surface area contributed by atoms with Crippen molar-refractivity contribution in [3.63, 3.8) is 0 Å². The van der Waals surface area contributed by atoms with E-state index in [1.165, 1.54) is 34.7 Å². The van der Waals surface area contributed by atoms with Gasteiger partial charge in [-0.3, -0.25) is 19.2 Å². The summed E-state index contributed by atoms with van der Waals surface area (Å²) in [5.41, 5.74) is 3.57. The van der Waals surface area contributed by atoms with E-state index in [4.69, 9.17) is 9.72 Å². The maximum absolute atomic E-state index is 12.5. The summed E-state index contributed by atoms with van der Waals surface area (Å²) in [6, 6.07) is 8.08. The molecule has 31 heavy (non-hydrogen) atoms. The third-order valence-electron chi connectivity index (χ3n) is 6.23. The number of hydrogen-bond acceptors (Lipinski definition) is 7. The van der Waals surface area contributed by atoms with Crippen LogP contribution in [0.25, 0.3) is 10.6 Å². The maximum atomic E-state index is 12.5. The average Bonchev–Trinajstić information content (AvgIpc) is 3.39. The van der Waals surface area contributed by atoms with E-state index in [1.807, 2.05) is 16.7 Å². The zero-order chi connectivity index (χ0) is 21.2. The third kappa shape index (κ3) is 4.62. The third-order valence-corrected chi connectivity index (χ3v) is 8.25. The molecular weight excluding hydrogens is 428 g/mol. The number of ether oxygens (including phenoxy) is 1. The molecule has 3 aromatic rings. The quantitative estimate of drug-likeness (QED) is 0.566. The van der Waals surface area contributed by atoms with E-state index in [-0.39, 0.29) is 4.87 Å². The first-order valence-corrected chi connectivity index (χ1v) is 12.6. The fourth-order valence-electron chi connectivity index (χ4n) is 4.43. The molecule has 1 aliphatic heterocycles. The summed E-state index contributed by atoms with van der Waals surface area (Å²) >= 11 is 3.16. The summed E-state index contributed by atoms with van der Waals surface area (Å²) in [4.78, 5) is 23.8. The molecule has 0 unspecified atom stereocenters. The zero-order valence-corrected chi connectivity index (χ0v) is 19.5. The number of aryl methyl sites for hydroxylation is 1. The van der Waals surface area contributed by atoms with Crippen LogP contribution in [0.5, 0.6) is 5.75 Å². The molecule has 2 aromatic heterocycles. The number of methoxy groups -OCH3 is 1. The van der Waals surface area contributed by atoms with E-state index in [0.717, 1.165) is 74.2 Å². The van der Waals surface area contributed by atoms with Crippen molar-refractivity contribution in [2.45, 2.75) is 38.9 Å². The fourth-order valence-corrected chi connectivity index (χ4v) is 6.32. The van der Waals surface area contributed by atoms with E-state index >= 15 is 0 Å². The van der Waals surface area contributed by atoms with E-state index in [1.54, 1.807) is 18.4 Å². The normalized spacial score (nSPS) is 17.6. The number of rotatable bonds is 6. The van der Waals surface area contributed by atoms with Crippen LogP contribution in [0, 0.1) is 0 Å². The second-order valence-corrected chi connectivity index (χ2v) is 10.2. The van der Waals surface area contributed by atoms with Gasteiger partial charge in [-0.15, -0.1) is 11.3 Å². The summed E-state index contributed by atoms with van der Waals surface area (Å²) in [5, 5.41) is 3.22. The summed E-state index contributed by atoms with van der Waals surface area (Å²) in [5.74, 6) is 0.864. The molecule has 0 radical (unpaired) electrons. The van der Waals surface area contributed by atoms with Gasteiger partial charge in [0.2, 0.25) is 0 Å². The molecule has 6 nitrogen and oxygen atoms in total. The number of aromatic nitrogens is 2. The summed E-state index contributed by atoms with van der Waals surface area (Å²) < 4.78 is 7.28. The molecule has 2 aliphatic rings. The van der Waals surface area contributed by atoms with E-state index in [9.17, 15) is 4.79 Å². The number of piperazine rings is 1. The number of nitrogens with zero attached hydrogens (tertiary/aromatic N) is 4. The van der Waals surface area contributed by atoms with Gasteiger partial charge in [-0.05, 0) is 49.9 Å². The van der Waals surface area contributed by atoms with Gasteiger partial charge in [-0.2, -0.15) is 0 Å². The molecule has 0 saturated carbocycles. The van der Waals surface area contributed by atoms with Crippen molar-refractivity contribution in [1.82, 2.24) is 19.4 Å². The van der Waals surface area contributed by atoms with Crippen LogP contribution in [0.1, 0.15) is 29.1 Å². The minimum atomic E-state index is 0.225. The predicted octanol–water partition coefficient (Wildman–Crippen LogP) is 3.70. The van der Waals surface area contributed by atoms with Crippen LogP contribution in [0.15, 0.2) is 34.4 Å². The van der Waals surface area contributed by atoms with Gasteiger partial charge >= 0.3 is 4.87 Å². The van der Waals surface area contributed by atoms with Gasteiger partial charge in [0.1, 0.15) is 10.8 Å². The Morgan fingerprint density at radius 2 is 1.77 bits per heavy atom. The van der Waals surface area contributed by atoms with Crippen molar-refractivity contribution in [3.05, 3.63) is 55.6 Å². The van der Waals surface area contributed by atoms with Crippen LogP contribution in [0.2, 0.25) is 0 Å². The summed E-state index contributed by atoms with van der Waals surface area (Å²) in [6.45, 7) is 5.64. The molecule has 0 spiro atoms. The second kappa shape index (κ2) is 9.24. The number of hydrogen-bond donors (Lipinski definition) is 0. The average molecular weight is 457 g/mol. The Morgan fingerprint density at radius 3 is 2.55 bits per heavy atom. The molecule has 3 heterocycles. The Kier molecular flexibility index (Phi) is 6.22. The molecule has 164 valence electrons. The van der Waals surface area contributed by atoms with Crippen LogP contribution in [-0.2, 0) is 26.1 Å². The highest BCUT2D eigenvalue weighted by molar-refractivity contribution is 7.13. The lowest BCUT2D eigenvalue weighted by Crippen LogP contribution is -2.47. The monoisotopic (exact) mass is 456 g/mol. The molecule has 1 fully saturated rings. The Balaban J connectivity index is 1.16. The standard InChI is InChI=1S/C23H28N4O2S2/c1-29-19-8-6-17(7-9-19)22-24-18(15-30-22)14-25-10-12-26(13-11-25)16-27-20-4-2-3-5-21(20)31-23(27)28/h6-9,15H,2-5,10-14,16H2,1H3. The van der Waals surface area contributed by atoms with E-state index in [0.29, 0.717) is 0 Å². The molecule has 1 aliphatic carbocycles. The molecule has 5 rings (SSSR count). The van der Waals surface area contributed by atoms with Gasteiger partial charge in [0.05, 0.1) is 19.5 Å². The van der Waals surface area contributed by atoms with Gasteiger partial charge < -0.3 is 4.74 Å². The predicted molar refractivity (Wildman–Crippen MR) is 126 cm³/mol. The second-order valence-electron chi connectivity index (χ2n) is 8.28. The molecule has 0 bridgehead atoms. The van der Waals surface area contributed by atoms with Crippen LogP contribution in [-0.4, -0.2) is 52.6 Å². The van der Waals surface area contributed by atoms with Crippen molar-refractivity contribution in [2.24, 2.45) is 0 Å². The van der Waals surface area contributed by atoms with Gasteiger partial charge in [-0.25, -0.2) is 4.98 Å². The van der Waals surface area contributed by atoms with Crippen molar-refractivity contribution >= 4 is 22.7 Å². The lowest BCUT2D eigenvalue weighted by atomic mass is 10.0. The highest BCUT2D eigenvalue weighted by atomic mass is 32.1. The van der Waals surface area contributed by atoms with Crippen molar-refractivity contribution in [1.29, 1.82) is 0 Å². The van der Waals surface area contributed by atoms with E-state index < -0.39 is 0 Å². The van der Waals surface area contributed by atoms with Crippen molar-refractivity contribution in [2.75, 3.05) is 33.3 Å². The van der Waals surface area contributed by atoms with Crippen LogP contribution in [0.4, 0.5) is 0 Å².